The van der Waals surface area contributed by atoms with Gasteiger partial charge in [-0.25, -0.2) is 13.2 Å². The number of hydrogen-bond donors (Lipinski definition) is 3. The van der Waals surface area contributed by atoms with E-state index in [1.54, 1.807) is 33.9 Å². The second kappa shape index (κ2) is 11.2. The number of alkyl carbamates (subject to hydrolysis) is 1. The summed E-state index contributed by atoms with van der Waals surface area (Å²) in [5.41, 5.74) is -6.05. The molecule has 1 saturated heterocycles. The number of sulfone groups is 1. The molecule has 1 aliphatic rings. The molecule has 0 bridgehead atoms. The zero-order chi connectivity index (χ0) is 24.9. The monoisotopic (exact) mass is 512 g/mol. The van der Waals surface area contributed by atoms with Gasteiger partial charge in [0.2, 0.25) is 0 Å². The highest BCUT2D eigenvalue weighted by atomic mass is 32.2. The number of ether oxygens (including phenoxy) is 1. The third-order valence-electron chi connectivity index (χ3n) is 4.73. The van der Waals surface area contributed by atoms with Gasteiger partial charge in [0, 0.05) is 30.6 Å². The smallest absolute Gasteiger partial charge is 0.444 e. The van der Waals surface area contributed by atoms with Gasteiger partial charge in [-0.3, -0.25) is 4.72 Å². The molecule has 1 heterocycles. The molecule has 1 unspecified atom stereocenters. The summed E-state index contributed by atoms with van der Waals surface area (Å²) in [6, 6.07) is 3.87. The molecule has 1 amide bonds. The summed E-state index contributed by atoms with van der Waals surface area (Å²) in [7, 11) is -3.91. The van der Waals surface area contributed by atoms with E-state index in [4.69, 9.17) is 4.74 Å². The highest BCUT2D eigenvalue weighted by molar-refractivity contribution is 7.97. The van der Waals surface area contributed by atoms with E-state index in [-0.39, 0.29) is 11.7 Å². The van der Waals surface area contributed by atoms with Crippen LogP contribution in [0.3, 0.4) is 0 Å². The Morgan fingerprint density at radius 2 is 1.97 bits per heavy atom. The summed E-state index contributed by atoms with van der Waals surface area (Å²) in [6.07, 6.45) is 0.887. The van der Waals surface area contributed by atoms with E-state index in [0.29, 0.717) is 31.0 Å². The Morgan fingerprint density at radius 1 is 1.27 bits per heavy atom. The van der Waals surface area contributed by atoms with E-state index in [2.05, 4.69) is 20.3 Å². The van der Waals surface area contributed by atoms with Crippen molar-refractivity contribution in [3.05, 3.63) is 18.2 Å². The predicted octanol–water partition coefficient (Wildman–Crippen LogP) is 3.61. The molecule has 13 heteroatoms. The van der Waals surface area contributed by atoms with Gasteiger partial charge in [-0.1, -0.05) is 0 Å². The fourth-order valence-corrected chi connectivity index (χ4v) is 4.91. The Labute approximate surface area is 197 Å². The number of nitrogens with one attached hydrogen (secondary N) is 3. The molecule has 1 aliphatic heterocycles. The van der Waals surface area contributed by atoms with E-state index in [1.807, 2.05) is 0 Å². The molecule has 3 N–H and O–H groups in total. The SMILES string of the molecule is CNSc1ccc(NCCCN2CCC(NC(=O)OC(C)(C)C)C2)c(S(=O)(=O)C(F)(F)F)c1. The quantitative estimate of drug-likeness (QED) is 0.341. The number of hydrogen-bond acceptors (Lipinski definition) is 8. The van der Waals surface area contributed by atoms with Gasteiger partial charge in [-0.2, -0.15) is 13.2 Å². The average molecular weight is 513 g/mol. The average Bonchev–Trinajstić information content (AvgIpc) is 3.10. The first-order chi connectivity index (χ1) is 15.2. The number of nitrogens with zero attached hydrogens (tertiary/aromatic N) is 1. The number of likely N-dealkylation sites (tertiary alicyclic amines) is 1. The summed E-state index contributed by atoms with van der Waals surface area (Å²) >= 11 is 1.02. The molecule has 1 aromatic rings. The molecule has 0 radical (unpaired) electrons. The van der Waals surface area contributed by atoms with Crippen molar-refractivity contribution in [2.75, 3.05) is 38.5 Å². The van der Waals surface area contributed by atoms with E-state index in [9.17, 15) is 26.4 Å². The van der Waals surface area contributed by atoms with Gasteiger partial charge < -0.3 is 20.3 Å². The Hall–Kier alpha value is -1.70. The maximum absolute atomic E-state index is 13.1. The molecule has 0 aliphatic carbocycles. The van der Waals surface area contributed by atoms with Gasteiger partial charge in [0.25, 0.3) is 9.84 Å². The third-order valence-corrected chi connectivity index (χ3v) is 6.95. The minimum absolute atomic E-state index is 0.0337. The van der Waals surface area contributed by atoms with Crippen molar-refractivity contribution in [3.8, 4) is 0 Å². The fourth-order valence-electron chi connectivity index (χ4n) is 3.33. The first kappa shape index (κ1) is 27.5. The Morgan fingerprint density at radius 3 is 2.58 bits per heavy atom. The van der Waals surface area contributed by atoms with Crippen molar-refractivity contribution in [1.82, 2.24) is 14.9 Å². The van der Waals surface area contributed by atoms with Gasteiger partial charge in [0.05, 0.1) is 5.69 Å². The Kier molecular flexibility index (Phi) is 9.31. The normalized spacial score (nSPS) is 17.7. The molecule has 33 heavy (non-hydrogen) atoms. The second-order valence-electron chi connectivity index (χ2n) is 8.63. The van der Waals surface area contributed by atoms with E-state index >= 15 is 0 Å². The highest BCUT2D eigenvalue weighted by Crippen LogP contribution is 2.36. The topological polar surface area (TPSA) is 99.8 Å². The summed E-state index contributed by atoms with van der Waals surface area (Å²) in [5.74, 6) is 0. The van der Waals surface area contributed by atoms with Gasteiger partial charge in [0.15, 0.2) is 0 Å². The standard InChI is InChI=1S/C20H31F3N4O4S2/c1-19(2,3)31-18(28)26-14-8-11-27(13-14)10-5-9-25-16-7-6-15(32-24-4)12-17(16)33(29,30)20(21,22)23/h6-7,12,14,24-25H,5,8-11,13H2,1-4H3,(H,26,28). The number of carbonyl (C=O) groups excluding carboxylic acids is 1. The molecular weight excluding hydrogens is 481 g/mol. The maximum atomic E-state index is 13.1. The third kappa shape index (κ3) is 8.23. The largest absolute Gasteiger partial charge is 0.501 e. The number of alkyl halides is 3. The van der Waals surface area contributed by atoms with Crippen LogP contribution in [0.15, 0.2) is 28.0 Å². The Balaban J connectivity index is 1.90. The number of anilines is 1. The first-order valence-electron chi connectivity index (χ1n) is 10.5. The van der Waals surface area contributed by atoms with Gasteiger partial charge in [-0.15, -0.1) is 0 Å². The molecule has 0 spiro atoms. The van der Waals surface area contributed by atoms with Gasteiger partial charge in [-0.05, 0) is 77.4 Å². The number of halogens is 3. The number of carbonyl (C=O) groups is 1. The Bertz CT molecular complexity index is 921. The maximum Gasteiger partial charge on any atom is 0.501 e. The molecule has 8 nitrogen and oxygen atoms in total. The van der Waals surface area contributed by atoms with Crippen LogP contribution in [0.25, 0.3) is 0 Å². The zero-order valence-corrected chi connectivity index (χ0v) is 20.7. The number of amides is 1. The van der Waals surface area contributed by atoms with Crippen molar-refractivity contribution in [1.29, 1.82) is 0 Å². The summed E-state index contributed by atoms with van der Waals surface area (Å²) in [5, 5.41) is 5.67. The van der Waals surface area contributed by atoms with Crippen molar-refractivity contribution in [3.63, 3.8) is 0 Å². The van der Waals surface area contributed by atoms with Crippen LogP contribution in [0.5, 0.6) is 0 Å². The van der Waals surface area contributed by atoms with Crippen LogP contribution < -0.4 is 15.4 Å². The van der Waals surface area contributed by atoms with Crippen LogP contribution in [0.2, 0.25) is 0 Å². The van der Waals surface area contributed by atoms with E-state index in [0.717, 1.165) is 31.0 Å². The summed E-state index contributed by atoms with van der Waals surface area (Å²) < 4.78 is 71.5. The minimum atomic E-state index is -5.50. The second-order valence-corrected chi connectivity index (χ2v) is 11.6. The van der Waals surface area contributed by atoms with Crippen LogP contribution in [-0.2, 0) is 14.6 Å². The molecule has 0 saturated carbocycles. The lowest BCUT2D eigenvalue weighted by Gasteiger charge is -2.22. The molecular formula is C20H31F3N4O4S2. The molecule has 0 aromatic heterocycles. The zero-order valence-electron chi connectivity index (χ0n) is 19.1. The van der Waals surface area contributed by atoms with Crippen LogP contribution in [0.4, 0.5) is 23.7 Å². The summed E-state index contributed by atoms with van der Waals surface area (Å²) in [4.78, 5) is 13.6. The van der Waals surface area contributed by atoms with E-state index in [1.165, 1.54) is 6.07 Å². The fraction of sp³-hybridized carbons (Fsp3) is 0.650. The van der Waals surface area contributed by atoms with Crippen LogP contribution in [0.1, 0.15) is 33.6 Å². The molecule has 2 rings (SSSR count). The van der Waals surface area contributed by atoms with Crippen molar-refractivity contribution >= 4 is 33.6 Å². The van der Waals surface area contributed by atoms with Gasteiger partial charge >= 0.3 is 11.6 Å². The van der Waals surface area contributed by atoms with Crippen LogP contribution >= 0.6 is 11.9 Å². The lowest BCUT2D eigenvalue weighted by Crippen LogP contribution is -2.40. The molecule has 1 aromatic carbocycles. The van der Waals surface area contributed by atoms with Gasteiger partial charge in [0.1, 0.15) is 10.5 Å². The number of benzene rings is 1. The van der Waals surface area contributed by atoms with E-state index < -0.39 is 31.9 Å². The molecule has 1 atom stereocenters. The summed E-state index contributed by atoms with van der Waals surface area (Å²) in [6.45, 7) is 7.72. The first-order valence-corrected chi connectivity index (χ1v) is 12.8. The van der Waals surface area contributed by atoms with Crippen molar-refractivity contribution in [2.24, 2.45) is 0 Å². The minimum Gasteiger partial charge on any atom is -0.444 e. The highest BCUT2D eigenvalue weighted by Gasteiger charge is 2.48. The number of rotatable bonds is 9. The lowest BCUT2D eigenvalue weighted by atomic mass is 10.2. The van der Waals surface area contributed by atoms with Crippen molar-refractivity contribution < 1.29 is 31.1 Å². The molecule has 188 valence electrons. The lowest BCUT2D eigenvalue weighted by molar-refractivity contribution is -0.0435. The predicted molar refractivity (Wildman–Crippen MR) is 122 cm³/mol. The van der Waals surface area contributed by atoms with Crippen LogP contribution in [-0.4, -0.2) is 69.8 Å². The molecule has 1 fully saturated rings. The van der Waals surface area contributed by atoms with Crippen LogP contribution in [0, 0.1) is 0 Å². The van der Waals surface area contributed by atoms with Crippen molar-refractivity contribution in [2.45, 2.75) is 60.6 Å².